The van der Waals surface area contributed by atoms with Gasteiger partial charge in [0.05, 0.1) is 22.8 Å². The number of hydrogen-bond acceptors (Lipinski definition) is 4. The maximum atomic E-state index is 11.9. The van der Waals surface area contributed by atoms with Crippen molar-refractivity contribution in [1.82, 2.24) is 0 Å². The van der Waals surface area contributed by atoms with E-state index in [1.807, 2.05) is 6.07 Å². The van der Waals surface area contributed by atoms with Gasteiger partial charge in [-0.2, -0.15) is 0 Å². The number of benzene rings is 1. The van der Waals surface area contributed by atoms with Crippen LogP contribution in [0.15, 0.2) is 23.1 Å². The Hall–Kier alpha value is -1.56. The molecule has 108 valence electrons. The van der Waals surface area contributed by atoms with Crippen molar-refractivity contribution in [2.75, 3.05) is 23.0 Å². The van der Waals surface area contributed by atoms with Crippen molar-refractivity contribution in [3.63, 3.8) is 0 Å². The normalized spacial score (nSPS) is 19.9. The third-order valence-electron chi connectivity index (χ3n) is 4.06. The van der Waals surface area contributed by atoms with Gasteiger partial charge < -0.3 is 10.2 Å². The third kappa shape index (κ3) is 2.28. The quantitative estimate of drug-likeness (QED) is 0.903. The van der Waals surface area contributed by atoms with Crippen molar-refractivity contribution >= 4 is 27.1 Å². The fourth-order valence-electron chi connectivity index (χ4n) is 3.15. The minimum Gasteiger partial charge on any atom is -0.358 e. The zero-order valence-corrected chi connectivity index (χ0v) is 12.2. The fraction of sp³-hybridized carbons (Fsp3) is 0.500. The summed E-state index contributed by atoms with van der Waals surface area (Å²) in [5.74, 6) is -0.138. The lowest BCUT2D eigenvalue weighted by Crippen LogP contribution is -2.44. The molecule has 3 rings (SSSR count). The molecule has 0 aromatic heterocycles. The van der Waals surface area contributed by atoms with E-state index in [2.05, 4.69) is 10.2 Å². The van der Waals surface area contributed by atoms with Gasteiger partial charge in [0.2, 0.25) is 5.91 Å². The average Bonchev–Trinajstić information content (AvgIpc) is 2.89. The highest BCUT2D eigenvalue weighted by Crippen LogP contribution is 2.38. The molecule has 0 unspecified atom stereocenters. The van der Waals surface area contributed by atoms with Crippen LogP contribution in [0.1, 0.15) is 25.7 Å². The zero-order chi connectivity index (χ0) is 14.3. The molecule has 6 heteroatoms. The van der Waals surface area contributed by atoms with Crippen molar-refractivity contribution < 1.29 is 13.2 Å². The lowest BCUT2D eigenvalue weighted by molar-refractivity contribution is -0.115. The maximum Gasteiger partial charge on any atom is 0.243 e. The summed E-state index contributed by atoms with van der Waals surface area (Å²) < 4.78 is 23.7. The van der Waals surface area contributed by atoms with Gasteiger partial charge in [-0.15, -0.1) is 0 Å². The number of rotatable bonds is 2. The maximum absolute atomic E-state index is 11.9. The molecule has 0 radical (unpaired) electrons. The summed E-state index contributed by atoms with van der Waals surface area (Å²) >= 11 is 0. The Morgan fingerprint density at radius 3 is 2.60 bits per heavy atom. The van der Waals surface area contributed by atoms with Gasteiger partial charge in [0.1, 0.15) is 0 Å². The Labute approximate surface area is 118 Å². The number of nitrogens with zero attached hydrogens (tertiary/aromatic N) is 1. The van der Waals surface area contributed by atoms with E-state index in [1.165, 1.54) is 19.1 Å². The highest BCUT2D eigenvalue weighted by molar-refractivity contribution is 7.90. The Balaban J connectivity index is 2.11. The second-order valence-electron chi connectivity index (χ2n) is 5.54. The molecule has 1 saturated carbocycles. The molecule has 0 spiro atoms. The van der Waals surface area contributed by atoms with Crippen LogP contribution in [0.2, 0.25) is 0 Å². The first-order chi connectivity index (χ1) is 9.47. The molecule has 1 aliphatic heterocycles. The van der Waals surface area contributed by atoms with Crippen LogP contribution in [0.5, 0.6) is 0 Å². The van der Waals surface area contributed by atoms with E-state index >= 15 is 0 Å². The first-order valence-corrected chi connectivity index (χ1v) is 8.75. The molecule has 1 aromatic rings. The summed E-state index contributed by atoms with van der Waals surface area (Å²) in [4.78, 5) is 14.2. The van der Waals surface area contributed by atoms with Crippen LogP contribution in [0.4, 0.5) is 11.4 Å². The van der Waals surface area contributed by atoms with Crippen molar-refractivity contribution in [2.24, 2.45) is 0 Å². The van der Waals surface area contributed by atoms with Crippen molar-refractivity contribution in [2.45, 2.75) is 36.6 Å². The molecule has 2 aliphatic rings. The van der Waals surface area contributed by atoms with E-state index in [9.17, 15) is 13.2 Å². The Morgan fingerprint density at radius 1 is 1.25 bits per heavy atom. The number of fused-ring (bicyclic) bond motifs is 1. The highest BCUT2D eigenvalue weighted by Gasteiger charge is 2.32. The molecule has 0 atom stereocenters. The average molecular weight is 294 g/mol. The minimum absolute atomic E-state index is 0.138. The van der Waals surface area contributed by atoms with Gasteiger partial charge in [-0.25, -0.2) is 8.42 Å². The van der Waals surface area contributed by atoms with Crippen LogP contribution >= 0.6 is 0 Å². The predicted molar refractivity (Wildman–Crippen MR) is 77.8 cm³/mol. The van der Waals surface area contributed by atoms with Crippen LogP contribution in [0.3, 0.4) is 0 Å². The van der Waals surface area contributed by atoms with Crippen LogP contribution in [-0.2, 0) is 14.6 Å². The molecule has 0 saturated heterocycles. The summed E-state index contributed by atoms with van der Waals surface area (Å²) in [7, 11) is -3.36. The van der Waals surface area contributed by atoms with Crippen molar-refractivity contribution in [1.29, 1.82) is 0 Å². The van der Waals surface area contributed by atoms with Crippen molar-refractivity contribution in [3.8, 4) is 0 Å². The van der Waals surface area contributed by atoms with Gasteiger partial charge >= 0.3 is 0 Å². The first-order valence-electron chi connectivity index (χ1n) is 6.86. The smallest absolute Gasteiger partial charge is 0.243 e. The number of nitrogens with one attached hydrogen (secondary N) is 1. The molecule has 1 N–H and O–H groups in total. The summed E-state index contributed by atoms with van der Waals surface area (Å²) in [6, 6.07) is 5.53. The number of carbonyl (C=O) groups excluding carboxylic acids is 1. The van der Waals surface area contributed by atoms with Crippen LogP contribution < -0.4 is 10.2 Å². The number of sulfone groups is 1. The molecule has 5 nitrogen and oxygen atoms in total. The SMILES string of the molecule is CS(=O)(=O)c1cccc2c1NC(=O)CN2C1CCCC1. The van der Waals surface area contributed by atoms with Crippen LogP contribution in [-0.4, -0.2) is 33.2 Å². The lowest BCUT2D eigenvalue weighted by Gasteiger charge is -2.36. The third-order valence-corrected chi connectivity index (χ3v) is 5.20. The highest BCUT2D eigenvalue weighted by atomic mass is 32.2. The molecule has 0 bridgehead atoms. The van der Waals surface area contributed by atoms with E-state index in [0.717, 1.165) is 18.5 Å². The summed E-state index contributed by atoms with van der Waals surface area (Å²) in [6.07, 6.45) is 5.64. The molecule has 20 heavy (non-hydrogen) atoms. The number of anilines is 2. The number of amides is 1. The van der Waals surface area contributed by atoms with E-state index in [-0.39, 0.29) is 10.8 Å². The van der Waals surface area contributed by atoms with E-state index < -0.39 is 9.84 Å². The van der Waals surface area contributed by atoms with Gasteiger partial charge in [0, 0.05) is 12.3 Å². The molecule has 1 heterocycles. The molecule has 1 amide bonds. The van der Waals surface area contributed by atoms with E-state index in [4.69, 9.17) is 0 Å². The van der Waals surface area contributed by atoms with Gasteiger partial charge in [-0.05, 0) is 25.0 Å². The number of para-hydroxylation sites is 1. The van der Waals surface area contributed by atoms with Gasteiger partial charge in [0.15, 0.2) is 9.84 Å². The summed E-state index contributed by atoms with van der Waals surface area (Å²) in [5.41, 5.74) is 1.28. The summed E-state index contributed by atoms with van der Waals surface area (Å²) in [6.45, 7) is 0.310. The number of hydrogen-bond donors (Lipinski definition) is 1. The Kier molecular flexibility index (Phi) is 3.20. The standard InChI is InChI=1S/C14H18N2O3S/c1-20(18,19)12-8-4-7-11-14(12)15-13(17)9-16(11)10-5-2-3-6-10/h4,7-8,10H,2-3,5-6,9H2,1H3,(H,15,17). The monoisotopic (exact) mass is 294 g/mol. The predicted octanol–water partition coefficient (Wildman–Crippen LogP) is 1.79. The second-order valence-corrected chi connectivity index (χ2v) is 7.52. The van der Waals surface area contributed by atoms with E-state index in [1.54, 1.807) is 12.1 Å². The van der Waals surface area contributed by atoms with Gasteiger partial charge in [-0.3, -0.25) is 4.79 Å². The second kappa shape index (κ2) is 4.77. The minimum atomic E-state index is -3.36. The molecule has 1 aliphatic carbocycles. The molecule has 1 fully saturated rings. The van der Waals surface area contributed by atoms with Crippen LogP contribution in [0.25, 0.3) is 0 Å². The largest absolute Gasteiger partial charge is 0.358 e. The fourth-order valence-corrected chi connectivity index (χ4v) is 4.01. The molecular weight excluding hydrogens is 276 g/mol. The van der Waals surface area contributed by atoms with Crippen LogP contribution in [0, 0.1) is 0 Å². The lowest BCUT2D eigenvalue weighted by atomic mass is 10.1. The Bertz CT molecular complexity index is 648. The molecule has 1 aromatic carbocycles. The summed E-state index contributed by atoms with van der Waals surface area (Å²) in [5, 5.41) is 2.73. The topological polar surface area (TPSA) is 66.5 Å². The van der Waals surface area contributed by atoms with Gasteiger partial charge in [-0.1, -0.05) is 18.9 Å². The molecular formula is C14H18N2O3S. The zero-order valence-electron chi connectivity index (χ0n) is 11.4. The number of carbonyl (C=O) groups is 1. The van der Waals surface area contributed by atoms with E-state index in [0.29, 0.717) is 18.3 Å². The Morgan fingerprint density at radius 2 is 1.95 bits per heavy atom. The van der Waals surface area contributed by atoms with Gasteiger partial charge in [0.25, 0.3) is 0 Å². The van der Waals surface area contributed by atoms with Crippen molar-refractivity contribution in [3.05, 3.63) is 18.2 Å². The first kappa shape index (κ1) is 13.4.